The molecule has 1 fully saturated rings. The molecule has 24 heavy (non-hydrogen) atoms. The van der Waals surface area contributed by atoms with Gasteiger partial charge in [0.1, 0.15) is 5.01 Å². The van der Waals surface area contributed by atoms with Crippen LogP contribution in [0.4, 0.5) is 0 Å². The van der Waals surface area contributed by atoms with Crippen molar-refractivity contribution in [2.45, 2.75) is 19.2 Å². The van der Waals surface area contributed by atoms with E-state index >= 15 is 0 Å². The normalized spacial score (nSPS) is 18.8. The largest absolute Gasteiger partial charge is 0.374 e. The van der Waals surface area contributed by atoms with Gasteiger partial charge in [-0.3, -0.25) is 9.58 Å². The number of benzene rings is 1. The molecule has 0 spiro atoms. The monoisotopic (exact) mass is 340 g/mol. The van der Waals surface area contributed by atoms with Gasteiger partial charge in [0.2, 0.25) is 0 Å². The van der Waals surface area contributed by atoms with E-state index in [1.165, 1.54) is 5.56 Å². The summed E-state index contributed by atoms with van der Waals surface area (Å²) in [6.45, 7) is 4.31. The molecule has 3 heterocycles. The molecule has 1 atom stereocenters. The first-order valence-electron chi connectivity index (χ1n) is 8.18. The zero-order chi connectivity index (χ0) is 16.2. The van der Waals surface area contributed by atoms with E-state index in [0.29, 0.717) is 0 Å². The van der Waals surface area contributed by atoms with Gasteiger partial charge in [-0.05, 0) is 6.07 Å². The molecule has 124 valence electrons. The van der Waals surface area contributed by atoms with Gasteiger partial charge in [0, 0.05) is 43.0 Å². The maximum absolute atomic E-state index is 5.87. The molecule has 1 aliphatic rings. The van der Waals surface area contributed by atoms with E-state index in [4.69, 9.17) is 9.72 Å². The van der Waals surface area contributed by atoms with Crippen LogP contribution in [0.3, 0.4) is 0 Å². The second-order valence-corrected chi connectivity index (χ2v) is 6.82. The van der Waals surface area contributed by atoms with Crippen LogP contribution in [0, 0.1) is 0 Å². The quantitative estimate of drug-likeness (QED) is 0.716. The summed E-state index contributed by atoms with van der Waals surface area (Å²) in [6, 6.07) is 12.3. The molecule has 3 aromatic rings. The van der Waals surface area contributed by atoms with Gasteiger partial charge >= 0.3 is 0 Å². The highest BCUT2D eigenvalue weighted by Gasteiger charge is 2.21. The van der Waals surface area contributed by atoms with E-state index in [9.17, 15) is 0 Å². The standard InChI is InChI=1S/C18H20N4OS/c1-2-5-15(6-3-1)18-20-16(14-24-18)11-21-9-10-23-17(12-21)13-22-8-4-7-19-22/h1-8,14,17H,9-13H2. The first kappa shape index (κ1) is 15.5. The highest BCUT2D eigenvalue weighted by atomic mass is 32.1. The average molecular weight is 340 g/mol. The van der Waals surface area contributed by atoms with E-state index in [0.717, 1.165) is 43.5 Å². The SMILES string of the molecule is c1ccc(-c2nc(CN3CCOC(Cn4cccn4)C3)cs2)cc1. The summed E-state index contributed by atoms with van der Waals surface area (Å²) < 4.78 is 7.81. The second kappa shape index (κ2) is 7.25. The number of aromatic nitrogens is 3. The zero-order valence-corrected chi connectivity index (χ0v) is 14.2. The molecule has 0 radical (unpaired) electrons. The maximum atomic E-state index is 5.87. The molecule has 1 aromatic carbocycles. The van der Waals surface area contributed by atoms with Gasteiger partial charge in [-0.25, -0.2) is 4.98 Å². The van der Waals surface area contributed by atoms with Crippen LogP contribution < -0.4 is 0 Å². The van der Waals surface area contributed by atoms with Crippen LogP contribution >= 0.6 is 11.3 Å². The van der Waals surface area contributed by atoms with E-state index in [1.807, 2.05) is 23.0 Å². The Morgan fingerprint density at radius 3 is 2.96 bits per heavy atom. The Bertz CT molecular complexity index is 756. The van der Waals surface area contributed by atoms with Gasteiger partial charge in [-0.2, -0.15) is 5.10 Å². The maximum Gasteiger partial charge on any atom is 0.123 e. The number of morpholine rings is 1. The Labute approximate surface area is 145 Å². The average Bonchev–Trinajstić information content (AvgIpc) is 3.28. The van der Waals surface area contributed by atoms with Gasteiger partial charge < -0.3 is 4.74 Å². The zero-order valence-electron chi connectivity index (χ0n) is 13.4. The van der Waals surface area contributed by atoms with Gasteiger partial charge in [0.25, 0.3) is 0 Å². The third-order valence-corrected chi connectivity index (χ3v) is 5.07. The summed E-state index contributed by atoms with van der Waals surface area (Å²) in [6.07, 6.45) is 3.97. The van der Waals surface area contributed by atoms with Crippen molar-refractivity contribution in [3.63, 3.8) is 0 Å². The summed E-state index contributed by atoms with van der Waals surface area (Å²) in [5.74, 6) is 0. The third kappa shape index (κ3) is 3.72. The van der Waals surface area contributed by atoms with Crippen LogP contribution in [0.15, 0.2) is 54.2 Å². The lowest BCUT2D eigenvalue weighted by Gasteiger charge is -2.32. The van der Waals surface area contributed by atoms with Crippen molar-refractivity contribution in [2.75, 3.05) is 19.7 Å². The van der Waals surface area contributed by atoms with Crippen LogP contribution in [-0.4, -0.2) is 45.5 Å². The van der Waals surface area contributed by atoms with Crippen LogP contribution in [0.5, 0.6) is 0 Å². The minimum atomic E-state index is 0.186. The molecule has 1 saturated heterocycles. The van der Waals surface area contributed by atoms with Crippen molar-refractivity contribution in [1.82, 2.24) is 19.7 Å². The summed E-state index contributed by atoms with van der Waals surface area (Å²) in [7, 11) is 0. The molecular weight excluding hydrogens is 320 g/mol. The summed E-state index contributed by atoms with van der Waals surface area (Å²) >= 11 is 1.71. The van der Waals surface area contributed by atoms with Gasteiger partial charge in [-0.1, -0.05) is 30.3 Å². The molecule has 2 aromatic heterocycles. The molecule has 4 rings (SSSR count). The molecular formula is C18H20N4OS. The van der Waals surface area contributed by atoms with E-state index in [2.05, 4.69) is 39.6 Å². The summed E-state index contributed by atoms with van der Waals surface area (Å²) in [4.78, 5) is 7.21. The number of hydrogen-bond acceptors (Lipinski definition) is 5. The number of ether oxygens (including phenoxy) is 1. The molecule has 0 bridgehead atoms. The van der Waals surface area contributed by atoms with E-state index < -0.39 is 0 Å². The molecule has 1 unspecified atom stereocenters. The molecule has 0 N–H and O–H groups in total. The number of nitrogens with zero attached hydrogens (tertiary/aromatic N) is 4. The predicted octanol–water partition coefficient (Wildman–Crippen LogP) is 2.91. The minimum Gasteiger partial charge on any atom is -0.374 e. The van der Waals surface area contributed by atoms with Crippen LogP contribution in [-0.2, 0) is 17.8 Å². The molecule has 0 aliphatic carbocycles. The van der Waals surface area contributed by atoms with Crippen molar-refractivity contribution in [1.29, 1.82) is 0 Å². The van der Waals surface area contributed by atoms with Crippen LogP contribution in [0.2, 0.25) is 0 Å². The van der Waals surface area contributed by atoms with E-state index in [1.54, 1.807) is 17.5 Å². The van der Waals surface area contributed by atoms with E-state index in [-0.39, 0.29) is 6.10 Å². The lowest BCUT2D eigenvalue weighted by molar-refractivity contribution is -0.0405. The first-order chi connectivity index (χ1) is 11.9. The Morgan fingerprint density at radius 1 is 1.21 bits per heavy atom. The van der Waals surface area contributed by atoms with Gasteiger partial charge in [0.05, 0.1) is 24.9 Å². The van der Waals surface area contributed by atoms with Crippen LogP contribution in [0.1, 0.15) is 5.69 Å². The molecule has 0 saturated carbocycles. The first-order valence-corrected chi connectivity index (χ1v) is 9.06. The van der Waals surface area contributed by atoms with Gasteiger partial charge in [-0.15, -0.1) is 11.3 Å². The summed E-state index contributed by atoms with van der Waals surface area (Å²) in [5.41, 5.74) is 2.32. The fourth-order valence-corrected chi connectivity index (χ4v) is 3.79. The van der Waals surface area contributed by atoms with Gasteiger partial charge in [0.15, 0.2) is 0 Å². The number of thiazole rings is 1. The molecule has 5 nitrogen and oxygen atoms in total. The predicted molar refractivity (Wildman–Crippen MR) is 94.8 cm³/mol. The fraction of sp³-hybridized carbons (Fsp3) is 0.333. The Hall–Kier alpha value is -2.02. The lowest BCUT2D eigenvalue weighted by atomic mass is 10.2. The summed E-state index contributed by atoms with van der Waals surface area (Å²) in [5, 5.41) is 7.52. The lowest BCUT2D eigenvalue weighted by Crippen LogP contribution is -2.43. The van der Waals surface area contributed by atoms with Crippen molar-refractivity contribution < 1.29 is 4.74 Å². The molecule has 1 aliphatic heterocycles. The number of hydrogen-bond donors (Lipinski definition) is 0. The Morgan fingerprint density at radius 2 is 2.12 bits per heavy atom. The van der Waals surface area contributed by atoms with Crippen molar-refractivity contribution >= 4 is 11.3 Å². The minimum absolute atomic E-state index is 0.186. The second-order valence-electron chi connectivity index (χ2n) is 5.97. The molecule has 6 heteroatoms. The highest BCUT2D eigenvalue weighted by molar-refractivity contribution is 7.13. The third-order valence-electron chi connectivity index (χ3n) is 4.13. The van der Waals surface area contributed by atoms with Crippen LogP contribution in [0.25, 0.3) is 10.6 Å². The van der Waals surface area contributed by atoms with Crippen molar-refractivity contribution in [3.8, 4) is 10.6 Å². The van der Waals surface area contributed by atoms with Crippen molar-refractivity contribution in [2.24, 2.45) is 0 Å². The smallest absolute Gasteiger partial charge is 0.123 e. The number of rotatable bonds is 5. The molecule has 0 amide bonds. The Balaban J connectivity index is 1.37. The van der Waals surface area contributed by atoms with Crippen molar-refractivity contribution in [3.05, 3.63) is 59.9 Å². The highest BCUT2D eigenvalue weighted by Crippen LogP contribution is 2.24. The Kier molecular flexibility index (Phi) is 4.69. The fourth-order valence-electron chi connectivity index (χ4n) is 2.97. The topological polar surface area (TPSA) is 43.2 Å².